The molecule has 0 aliphatic rings. The van der Waals surface area contributed by atoms with E-state index in [1.807, 2.05) is 0 Å². The standard InChI is InChI=1S/C11H12BrFO2/c1-15-7-3-6-10(14)8-4-2-5-9(13)11(8)12/h2,4-5H,3,6-7H2,1H3. The van der Waals surface area contributed by atoms with Gasteiger partial charge in [-0.15, -0.1) is 0 Å². The van der Waals surface area contributed by atoms with E-state index in [1.54, 1.807) is 13.2 Å². The van der Waals surface area contributed by atoms with Gasteiger partial charge in [0.2, 0.25) is 0 Å². The second-order valence-electron chi connectivity index (χ2n) is 3.12. The summed E-state index contributed by atoms with van der Waals surface area (Å²) in [6.07, 6.45) is 1.02. The Morgan fingerprint density at radius 1 is 1.53 bits per heavy atom. The zero-order valence-corrected chi connectivity index (χ0v) is 10.0. The molecule has 4 heteroatoms. The molecule has 0 bridgehead atoms. The van der Waals surface area contributed by atoms with Crippen molar-refractivity contribution in [1.82, 2.24) is 0 Å². The van der Waals surface area contributed by atoms with E-state index in [0.717, 1.165) is 0 Å². The highest BCUT2D eigenvalue weighted by atomic mass is 79.9. The molecule has 0 atom stereocenters. The van der Waals surface area contributed by atoms with Crippen LogP contribution in [0.1, 0.15) is 23.2 Å². The fourth-order valence-electron chi connectivity index (χ4n) is 1.23. The number of carbonyl (C=O) groups is 1. The minimum Gasteiger partial charge on any atom is -0.385 e. The van der Waals surface area contributed by atoms with Gasteiger partial charge in [0.25, 0.3) is 0 Å². The number of Topliss-reactive ketones (excluding diaryl/α,β-unsaturated/α-hetero) is 1. The molecular weight excluding hydrogens is 263 g/mol. The average Bonchev–Trinajstić information content (AvgIpc) is 2.22. The predicted molar refractivity (Wildman–Crippen MR) is 59.5 cm³/mol. The van der Waals surface area contributed by atoms with Gasteiger partial charge >= 0.3 is 0 Å². The third-order valence-corrected chi connectivity index (χ3v) is 2.81. The van der Waals surface area contributed by atoms with E-state index < -0.39 is 5.82 Å². The number of hydrogen-bond donors (Lipinski definition) is 0. The van der Waals surface area contributed by atoms with Crippen LogP contribution in [0.25, 0.3) is 0 Å². The van der Waals surface area contributed by atoms with Crippen LogP contribution in [0.2, 0.25) is 0 Å². The van der Waals surface area contributed by atoms with Crippen LogP contribution in [0.3, 0.4) is 0 Å². The third kappa shape index (κ3) is 3.39. The monoisotopic (exact) mass is 274 g/mol. The Morgan fingerprint density at radius 2 is 2.27 bits per heavy atom. The van der Waals surface area contributed by atoms with Crippen molar-refractivity contribution in [3.8, 4) is 0 Å². The van der Waals surface area contributed by atoms with Crippen LogP contribution in [0.15, 0.2) is 22.7 Å². The summed E-state index contributed by atoms with van der Waals surface area (Å²) >= 11 is 3.06. The lowest BCUT2D eigenvalue weighted by Gasteiger charge is -2.04. The van der Waals surface area contributed by atoms with Crippen LogP contribution in [-0.2, 0) is 4.74 Å². The zero-order chi connectivity index (χ0) is 11.3. The normalized spacial score (nSPS) is 10.3. The largest absolute Gasteiger partial charge is 0.385 e. The number of carbonyl (C=O) groups excluding carboxylic acids is 1. The minimum absolute atomic E-state index is 0.0709. The van der Waals surface area contributed by atoms with Crippen molar-refractivity contribution >= 4 is 21.7 Å². The van der Waals surface area contributed by atoms with Crippen molar-refractivity contribution in [2.75, 3.05) is 13.7 Å². The first-order valence-corrected chi connectivity index (χ1v) is 5.42. The number of halogens is 2. The maximum Gasteiger partial charge on any atom is 0.164 e. The van der Waals surface area contributed by atoms with E-state index in [1.165, 1.54) is 12.1 Å². The number of methoxy groups -OCH3 is 1. The Hall–Kier alpha value is -0.740. The van der Waals surface area contributed by atoms with Crippen molar-refractivity contribution < 1.29 is 13.9 Å². The Kier molecular flexibility index (Phi) is 4.91. The highest BCUT2D eigenvalue weighted by molar-refractivity contribution is 9.10. The highest BCUT2D eigenvalue weighted by Gasteiger charge is 2.12. The van der Waals surface area contributed by atoms with E-state index >= 15 is 0 Å². The van der Waals surface area contributed by atoms with E-state index in [4.69, 9.17) is 4.74 Å². The molecule has 0 heterocycles. The van der Waals surface area contributed by atoms with E-state index in [0.29, 0.717) is 25.0 Å². The summed E-state index contributed by atoms with van der Waals surface area (Å²) in [5.74, 6) is -0.481. The van der Waals surface area contributed by atoms with Gasteiger partial charge in [-0.05, 0) is 28.4 Å². The minimum atomic E-state index is -0.410. The molecule has 0 aliphatic heterocycles. The Balaban J connectivity index is 2.69. The molecule has 0 radical (unpaired) electrons. The van der Waals surface area contributed by atoms with E-state index in [2.05, 4.69) is 15.9 Å². The summed E-state index contributed by atoms with van der Waals surface area (Å²) in [5, 5.41) is 0. The summed E-state index contributed by atoms with van der Waals surface area (Å²) in [5.41, 5.74) is 0.395. The molecule has 0 unspecified atom stereocenters. The quantitative estimate of drug-likeness (QED) is 0.609. The molecule has 1 aromatic rings. The maximum atomic E-state index is 13.1. The van der Waals surface area contributed by atoms with Crippen LogP contribution in [-0.4, -0.2) is 19.5 Å². The van der Waals surface area contributed by atoms with Gasteiger partial charge < -0.3 is 4.74 Å². The molecule has 0 fully saturated rings. The zero-order valence-electron chi connectivity index (χ0n) is 8.43. The van der Waals surface area contributed by atoms with Crippen molar-refractivity contribution in [3.63, 3.8) is 0 Å². The molecule has 1 aromatic carbocycles. The molecule has 2 nitrogen and oxygen atoms in total. The smallest absolute Gasteiger partial charge is 0.164 e. The summed E-state index contributed by atoms with van der Waals surface area (Å²) in [6.45, 7) is 0.540. The van der Waals surface area contributed by atoms with Crippen LogP contribution in [0.4, 0.5) is 4.39 Å². The van der Waals surface area contributed by atoms with Gasteiger partial charge in [-0.25, -0.2) is 4.39 Å². The van der Waals surface area contributed by atoms with Gasteiger partial charge in [0.05, 0.1) is 4.47 Å². The molecule has 0 N–H and O–H groups in total. The number of hydrogen-bond acceptors (Lipinski definition) is 2. The molecule has 15 heavy (non-hydrogen) atoms. The first kappa shape index (κ1) is 12.3. The molecular formula is C11H12BrFO2. The SMILES string of the molecule is COCCCC(=O)c1cccc(F)c1Br. The molecule has 0 aliphatic carbocycles. The van der Waals surface area contributed by atoms with Gasteiger partial charge in [-0.2, -0.15) is 0 Å². The van der Waals surface area contributed by atoms with Crippen LogP contribution >= 0.6 is 15.9 Å². The van der Waals surface area contributed by atoms with Crippen LogP contribution < -0.4 is 0 Å². The highest BCUT2D eigenvalue weighted by Crippen LogP contribution is 2.21. The summed E-state index contributed by atoms with van der Waals surface area (Å²) in [7, 11) is 1.59. The molecule has 1 rings (SSSR count). The Morgan fingerprint density at radius 3 is 2.93 bits per heavy atom. The van der Waals surface area contributed by atoms with Crippen LogP contribution in [0.5, 0.6) is 0 Å². The second-order valence-corrected chi connectivity index (χ2v) is 3.91. The van der Waals surface area contributed by atoms with Gasteiger partial charge in [-0.1, -0.05) is 12.1 Å². The van der Waals surface area contributed by atoms with Crippen molar-refractivity contribution in [2.24, 2.45) is 0 Å². The van der Waals surface area contributed by atoms with E-state index in [9.17, 15) is 9.18 Å². The number of ether oxygens (including phenoxy) is 1. The number of benzene rings is 1. The number of rotatable bonds is 5. The topological polar surface area (TPSA) is 26.3 Å². The molecule has 0 amide bonds. The second kappa shape index (κ2) is 5.98. The van der Waals surface area contributed by atoms with Gasteiger partial charge in [-0.3, -0.25) is 4.79 Å². The summed E-state index contributed by atoms with van der Waals surface area (Å²) in [6, 6.07) is 4.46. The van der Waals surface area contributed by atoms with Crippen LogP contribution in [0, 0.1) is 5.82 Å². The van der Waals surface area contributed by atoms with Crippen molar-refractivity contribution in [1.29, 1.82) is 0 Å². The van der Waals surface area contributed by atoms with Gasteiger partial charge in [0.15, 0.2) is 5.78 Å². The van der Waals surface area contributed by atoms with E-state index in [-0.39, 0.29) is 10.3 Å². The molecule has 0 spiro atoms. The summed E-state index contributed by atoms with van der Waals surface area (Å²) in [4.78, 5) is 11.6. The maximum absolute atomic E-state index is 13.1. The molecule has 0 saturated carbocycles. The molecule has 0 saturated heterocycles. The lowest BCUT2D eigenvalue weighted by molar-refractivity contribution is 0.0962. The lowest BCUT2D eigenvalue weighted by atomic mass is 10.1. The summed E-state index contributed by atoms with van der Waals surface area (Å²) < 4.78 is 18.2. The first-order chi connectivity index (χ1) is 7.16. The number of ketones is 1. The predicted octanol–water partition coefficient (Wildman–Crippen LogP) is 3.20. The van der Waals surface area contributed by atoms with Gasteiger partial charge in [0.1, 0.15) is 5.82 Å². The van der Waals surface area contributed by atoms with Gasteiger partial charge in [0, 0.05) is 25.7 Å². The molecule has 0 aromatic heterocycles. The average molecular weight is 275 g/mol. The lowest BCUT2D eigenvalue weighted by Crippen LogP contribution is -2.03. The van der Waals surface area contributed by atoms with Crippen molar-refractivity contribution in [3.05, 3.63) is 34.1 Å². The Labute approximate surface area is 96.6 Å². The Bertz CT molecular complexity index is 352. The first-order valence-electron chi connectivity index (χ1n) is 4.63. The molecule has 82 valence electrons. The fraction of sp³-hybridized carbons (Fsp3) is 0.364. The third-order valence-electron chi connectivity index (χ3n) is 2.00. The fourth-order valence-corrected chi connectivity index (χ4v) is 1.72. The van der Waals surface area contributed by atoms with Crippen molar-refractivity contribution in [2.45, 2.75) is 12.8 Å².